The van der Waals surface area contributed by atoms with Crippen molar-refractivity contribution in [1.29, 1.82) is 0 Å². The van der Waals surface area contributed by atoms with Crippen molar-refractivity contribution in [2.24, 2.45) is 0 Å². The van der Waals surface area contributed by atoms with E-state index >= 15 is 0 Å². The maximum atomic E-state index is 14.0. The summed E-state index contributed by atoms with van der Waals surface area (Å²) in [5.41, 5.74) is 2.53. The quantitative estimate of drug-likeness (QED) is 0.375. The van der Waals surface area contributed by atoms with E-state index in [-0.39, 0.29) is 11.4 Å². The average Bonchev–Trinajstić information content (AvgIpc) is 3.23. The Bertz CT molecular complexity index is 1650. The van der Waals surface area contributed by atoms with Gasteiger partial charge < -0.3 is 20.3 Å². The third-order valence-electron chi connectivity index (χ3n) is 7.33. The Hall–Kier alpha value is -3.96. The summed E-state index contributed by atoms with van der Waals surface area (Å²) in [6, 6.07) is 14.7. The zero-order valence-corrected chi connectivity index (χ0v) is 23.0. The minimum atomic E-state index is -3.95. The van der Waals surface area contributed by atoms with E-state index in [2.05, 4.69) is 25.5 Å². The first-order chi connectivity index (χ1) is 18.8. The molecule has 0 spiro atoms. The second kappa shape index (κ2) is 9.65. The van der Waals surface area contributed by atoms with E-state index in [4.69, 9.17) is 9.72 Å². The van der Waals surface area contributed by atoms with Crippen molar-refractivity contribution >= 4 is 44.1 Å². The minimum absolute atomic E-state index is 0.158. The molecular weight excluding hydrogens is 514 g/mol. The van der Waals surface area contributed by atoms with Gasteiger partial charge in [-0.25, -0.2) is 17.7 Å². The molecule has 2 aromatic carbocycles. The van der Waals surface area contributed by atoms with Crippen LogP contribution in [0.1, 0.15) is 19.4 Å². The number of hydrogen-bond donors (Lipinski definition) is 2. The Morgan fingerprint density at radius 2 is 1.85 bits per heavy atom. The Labute approximate surface area is 228 Å². The third kappa shape index (κ3) is 4.51. The molecule has 202 valence electrons. The van der Waals surface area contributed by atoms with Gasteiger partial charge in [0.1, 0.15) is 10.6 Å². The lowest BCUT2D eigenvalue weighted by Crippen LogP contribution is -2.43. The summed E-state index contributed by atoms with van der Waals surface area (Å²) in [5.74, 6) is 1.42. The number of nitrogens with zero attached hydrogens (tertiary/aromatic N) is 5. The van der Waals surface area contributed by atoms with E-state index in [9.17, 15) is 8.42 Å². The van der Waals surface area contributed by atoms with Crippen LogP contribution >= 0.6 is 0 Å². The zero-order valence-electron chi connectivity index (χ0n) is 22.2. The van der Waals surface area contributed by atoms with Crippen LogP contribution in [0.25, 0.3) is 10.9 Å². The molecule has 4 aromatic rings. The summed E-state index contributed by atoms with van der Waals surface area (Å²) in [6.07, 6.45) is 3.32. The molecule has 0 aliphatic carbocycles. The fourth-order valence-corrected chi connectivity index (χ4v) is 7.04. The number of para-hydroxylation sites is 1. The molecule has 0 bridgehead atoms. The number of methoxy groups -OCH3 is 1. The zero-order chi connectivity index (χ0) is 27.2. The van der Waals surface area contributed by atoms with Crippen LogP contribution in [-0.4, -0.2) is 63.2 Å². The largest absolute Gasteiger partial charge is 0.495 e. The number of pyridine rings is 1. The van der Waals surface area contributed by atoms with Crippen LogP contribution < -0.4 is 24.6 Å². The topological polar surface area (TPSA) is 113 Å². The smallest absolute Gasteiger partial charge is 0.267 e. The molecule has 4 heterocycles. The monoisotopic (exact) mass is 545 g/mol. The van der Waals surface area contributed by atoms with Crippen molar-refractivity contribution < 1.29 is 13.2 Å². The lowest BCUT2D eigenvalue weighted by atomic mass is 9.89. The van der Waals surface area contributed by atoms with Gasteiger partial charge in [0.2, 0.25) is 5.95 Å². The lowest BCUT2D eigenvalue weighted by Gasteiger charge is -2.30. The number of sulfonamides is 1. The molecule has 10 nitrogen and oxygen atoms in total. The van der Waals surface area contributed by atoms with Gasteiger partial charge >= 0.3 is 0 Å². The number of rotatable bonds is 6. The van der Waals surface area contributed by atoms with Gasteiger partial charge in [0.15, 0.2) is 5.82 Å². The van der Waals surface area contributed by atoms with Crippen molar-refractivity contribution in [2.45, 2.75) is 24.2 Å². The van der Waals surface area contributed by atoms with Gasteiger partial charge in [-0.15, -0.1) is 0 Å². The second-order valence-electron chi connectivity index (χ2n) is 10.4. The Balaban J connectivity index is 1.35. The average molecular weight is 546 g/mol. The van der Waals surface area contributed by atoms with Gasteiger partial charge in [-0.05, 0) is 24.3 Å². The standard InChI is InChI=1S/C28H31N7O3S/c1-28(2)18-35(39(36,37)24-8-4-6-19-7-5-11-30-25(19)24)26-21(28)17-31-27(33-26)32-20-9-10-22(23(16-20)38-3)34-14-12-29-13-15-34/h4-11,16-17,29H,12-15,18H2,1-3H3,(H,31,32,33). The number of piperazine rings is 1. The SMILES string of the molecule is COc1cc(Nc2ncc3c(n2)N(S(=O)(=O)c2cccc4cccnc24)CC3(C)C)ccc1N1CCNCC1. The predicted octanol–water partition coefficient (Wildman–Crippen LogP) is 3.67. The van der Waals surface area contributed by atoms with Crippen molar-refractivity contribution in [3.63, 3.8) is 0 Å². The molecule has 1 saturated heterocycles. The molecule has 2 N–H and O–H groups in total. The first-order valence-electron chi connectivity index (χ1n) is 12.9. The number of anilines is 4. The molecule has 0 unspecified atom stereocenters. The van der Waals surface area contributed by atoms with Crippen LogP contribution in [0.4, 0.5) is 23.1 Å². The molecule has 2 aliphatic heterocycles. The highest BCUT2D eigenvalue weighted by Gasteiger charge is 2.43. The van der Waals surface area contributed by atoms with Crippen LogP contribution in [0.3, 0.4) is 0 Å². The summed E-state index contributed by atoms with van der Waals surface area (Å²) in [7, 11) is -2.29. The van der Waals surface area contributed by atoms with E-state index < -0.39 is 15.4 Å². The summed E-state index contributed by atoms with van der Waals surface area (Å²) in [4.78, 5) is 16.1. The van der Waals surface area contributed by atoms with Crippen molar-refractivity contribution in [3.05, 3.63) is 66.5 Å². The van der Waals surface area contributed by atoms with E-state index in [0.717, 1.165) is 54.3 Å². The van der Waals surface area contributed by atoms with Crippen molar-refractivity contribution in [3.8, 4) is 5.75 Å². The molecule has 6 rings (SSSR count). The van der Waals surface area contributed by atoms with Gasteiger partial charge in [0.25, 0.3) is 10.0 Å². The maximum Gasteiger partial charge on any atom is 0.267 e. The minimum Gasteiger partial charge on any atom is -0.495 e. The highest BCUT2D eigenvalue weighted by Crippen LogP contribution is 2.43. The molecule has 0 radical (unpaired) electrons. The predicted molar refractivity (Wildman–Crippen MR) is 153 cm³/mol. The number of benzene rings is 2. The van der Waals surface area contributed by atoms with Gasteiger partial charge in [0.05, 0.1) is 18.3 Å². The molecular formula is C28H31N7O3S. The molecule has 11 heteroatoms. The lowest BCUT2D eigenvalue weighted by molar-refractivity contribution is 0.413. The van der Waals surface area contributed by atoms with Gasteiger partial charge in [0, 0.05) is 73.2 Å². The normalized spacial score (nSPS) is 16.8. The summed E-state index contributed by atoms with van der Waals surface area (Å²) >= 11 is 0. The van der Waals surface area contributed by atoms with E-state index in [0.29, 0.717) is 17.3 Å². The summed E-state index contributed by atoms with van der Waals surface area (Å²) in [6.45, 7) is 7.91. The van der Waals surface area contributed by atoms with Gasteiger partial charge in [-0.2, -0.15) is 4.98 Å². The molecule has 2 aromatic heterocycles. The second-order valence-corrected chi connectivity index (χ2v) is 12.2. The van der Waals surface area contributed by atoms with Crippen LogP contribution in [0.2, 0.25) is 0 Å². The number of hydrogen-bond acceptors (Lipinski definition) is 9. The number of nitrogens with one attached hydrogen (secondary N) is 2. The molecule has 2 aliphatic rings. The van der Waals surface area contributed by atoms with Crippen molar-refractivity contribution in [1.82, 2.24) is 20.3 Å². The van der Waals surface area contributed by atoms with Crippen LogP contribution in [0.15, 0.2) is 65.8 Å². The molecule has 0 saturated carbocycles. The van der Waals surface area contributed by atoms with Gasteiger partial charge in [-0.3, -0.25) is 4.98 Å². The highest BCUT2D eigenvalue weighted by atomic mass is 32.2. The first kappa shape index (κ1) is 25.3. The Morgan fingerprint density at radius 1 is 1.05 bits per heavy atom. The van der Waals surface area contributed by atoms with Crippen LogP contribution in [-0.2, 0) is 15.4 Å². The summed E-state index contributed by atoms with van der Waals surface area (Å²) in [5, 5.41) is 7.37. The van der Waals surface area contributed by atoms with Crippen LogP contribution in [0.5, 0.6) is 5.75 Å². The van der Waals surface area contributed by atoms with E-state index in [1.165, 1.54) is 4.31 Å². The molecule has 1 fully saturated rings. The van der Waals surface area contributed by atoms with E-state index in [1.807, 2.05) is 44.2 Å². The fourth-order valence-electron chi connectivity index (χ4n) is 5.27. The molecule has 0 atom stereocenters. The maximum absolute atomic E-state index is 14.0. The Kier molecular flexibility index (Phi) is 6.27. The number of ether oxygens (including phenoxy) is 1. The Morgan fingerprint density at radius 3 is 2.64 bits per heavy atom. The van der Waals surface area contributed by atoms with Crippen molar-refractivity contribution in [2.75, 3.05) is 54.4 Å². The number of aromatic nitrogens is 3. The highest BCUT2D eigenvalue weighted by molar-refractivity contribution is 7.93. The van der Waals surface area contributed by atoms with E-state index in [1.54, 1.807) is 37.7 Å². The fraction of sp³-hybridized carbons (Fsp3) is 0.321. The molecule has 39 heavy (non-hydrogen) atoms. The van der Waals surface area contributed by atoms with Gasteiger partial charge in [-0.1, -0.05) is 32.0 Å². The van der Waals surface area contributed by atoms with Crippen LogP contribution in [0, 0.1) is 0 Å². The summed E-state index contributed by atoms with van der Waals surface area (Å²) < 4.78 is 35.1. The number of fused-ring (bicyclic) bond motifs is 2. The third-order valence-corrected chi connectivity index (χ3v) is 9.10. The molecule has 0 amide bonds. The first-order valence-corrected chi connectivity index (χ1v) is 14.4.